The lowest BCUT2D eigenvalue weighted by Crippen LogP contribution is -2.60. The van der Waals surface area contributed by atoms with E-state index >= 15 is 0 Å². The molecule has 0 aliphatic carbocycles. The van der Waals surface area contributed by atoms with Crippen molar-refractivity contribution in [3.63, 3.8) is 0 Å². The van der Waals surface area contributed by atoms with Gasteiger partial charge in [-0.25, -0.2) is 0 Å². The molecule has 1 fully saturated rings. The number of hydrogen-bond acceptors (Lipinski definition) is 8. The maximum atomic E-state index is 11.3. The van der Waals surface area contributed by atoms with Gasteiger partial charge in [-0.15, -0.1) is 0 Å². The highest BCUT2D eigenvalue weighted by atomic mass is 16.7. The topological polar surface area (TPSA) is 97.4 Å². The van der Waals surface area contributed by atoms with Gasteiger partial charge in [-0.3, -0.25) is 14.4 Å². The average molecular weight is 304 g/mol. The monoisotopic (exact) mass is 304 g/mol. The molecule has 0 aromatic heterocycles. The molecule has 21 heavy (non-hydrogen) atoms. The molecule has 0 N–H and O–H groups in total. The maximum absolute atomic E-state index is 11.3. The highest BCUT2D eigenvalue weighted by Crippen LogP contribution is 2.28. The van der Waals surface area contributed by atoms with Gasteiger partial charge in [0.2, 0.25) is 0 Å². The Labute approximate surface area is 122 Å². The van der Waals surface area contributed by atoms with E-state index in [-0.39, 0.29) is 0 Å². The van der Waals surface area contributed by atoms with Crippen molar-refractivity contribution in [3.05, 3.63) is 0 Å². The molecule has 0 amide bonds. The summed E-state index contributed by atoms with van der Waals surface area (Å²) in [5, 5.41) is 0. The molecular formula is C13H20O8. The zero-order chi connectivity index (χ0) is 16.2. The zero-order valence-electron chi connectivity index (χ0n) is 12.7. The molecule has 0 spiro atoms. The molecule has 1 saturated heterocycles. The quantitative estimate of drug-likeness (QED) is 0.535. The zero-order valence-corrected chi connectivity index (χ0v) is 12.7. The van der Waals surface area contributed by atoms with Gasteiger partial charge in [-0.05, 0) is 6.92 Å². The Balaban J connectivity index is 3.08. The number of methoxy groups -OCH3 is 1. The van der Waals surface area contributed by atoms with Gasteiger partial charge in [0.05, 0.1) is 6.10 Å². The van der Waals surface area contributed by atoms with Crippen LogP contribution in [0.2, 0.25) is 0 Å². The number of hydrogen-bond donors (Lipinski definition) is 0. The van der Waals surface area contributed by atoms with Crippen molar-refractivity contribution in [2.45, 2.75) is 58.4 Å². The van der Waals surface area contributed by atoms with Crippen LogP contribution in [0.4, 0.5) is 0 Å². The summed E-state index contributed by atoms with van der Waals surface area (Å²) in [6.45, 7) is 5.27. The molecule has 1 aliphatic heterocycles. The molecule has 8 nitrogen and oxygen atoms in total. The van der Waals surface area contributed by atoms with Crippen molar-refractivity contribution in [1.29, 1.82) is 0 Å². The van der Waals surface area contributed by atoms with Crippen molar-refractivity contribution in [1.82, 2.24) is 0 Å². The van der Waals surface area contributed by atoms with Crippen LogP contribution in [0.15, 0.2) is 0 Å². The second-order valence-electron chi connectivity index (χ2n) is 4.67. The summed E-state index contributed by atoms with van der Waals surface area (Å²) in [5.41, 5.74) is 0. The van der Waals surface area contributed by atoms with Gasteiger partial charge in [-0.2, -0.15) is 0 Å². The Bertz CT molecular complexity index is 407. The van der Waals surface area contributed by atoms with Crippen LogP contribution < -0.4 is 0 Å². The summed E-state index contributed by atoms with van der Waals surface area (Å²) in [4.78, 5) is 33.7. The van der Waals surface area contributed by atoms with Crippen molar-refractivity contribution in [2.75, 3.05) is 7.11 Å². The Morgan fingerprint density at radius 1 is 0.810 bits per heavy atom. The fraction of sp³-hybridized carbons (Fsp3) is 0.769. The molecule has 120 valence electrons. The predicted molar refractivity (Wildman–Crippen MR) is 68.0 cm³/mol. The summed E-state index contributed by atoms with van der Waals surface area (Å²) >= 11 is 0. The van der Waals surface area contributed by atoms with Gasteiger partial charge in [0.1, 0.15) is 0 Å². The minimum absolute atomic E-state index is 0.565. The Hall–Kier alpha value is -1.67. The van der Waals surface area contributed by atoms with Crippen LogP contribution in [0.3, 0.4) is 0 Å². The molecule has 0 aromatic rings. The summed E-state index contributed by atoms with van der Waals surface area (Å²) in [5.74, 6) is -1.76. The largest absolute Gasteiger partial charge is 0.456 e. The molecule has 5 atom stereocenters. The van der Waals surface area contributed by atoms with Gasteiger partial charge in [-0.1, -0.05) is 0 Å². The molecule has 0 radical (unpaired) electrons. The molecule has 1 rings (SSSR count). The smallest absolute Gasteiger partial charge is 0.303 e. The standard InChI is InChI=1S/C13H20O8/c1-6-10(19-7(2)14)11(20-8(3)15)12(21-9(4)16)13(17-5)18-6/h6,10-13H,1-5H3/t6-,10-,11-,12-,13+/m0/s1. The third-order valence-electron chi connectivity index (χ3n) is 2.87. The van der Waals surface area contributed by atoms with Crippen LogP contribution in [0.25, 0.3) is 0 Å². The first-order valence-corrected chi connectivity index (χ1v) is 6.46. The van der Waals surface area contributed by atoms with E-state index in [2.05, 4.69) is 0 Å². The van der Waals surface area contributed by atoms with E-state index in [0.29, 0.717) is 0 Å². The van der Waals surface area contributed by atoms with Gasteiger partial charge < -0.3 is 23.7 Å². The van der Waals surface area contributed by atoms with Crippen molar-refractivity contribution < 1.29 is 38.1 Å². The van der Waals surface area contributed by atoms with E-state index in [9.17, 15) is 14.4 Å². The normalized spacial score (nSPS) is 32.1. The van der Waals surface area contributed by atoms with Crippen LogP contribution >= 0.6 is 0 Å². The Morgan fingerprint density at radius 3 is 1.67 bits per heavy atom. The van der Waals surface area contributed by atoms with Crippen molar-refractivity contribution in [3.8, 4) is 0 Å². The molecule has 0 bridgehead atoms. The number of carbonyl (C=O) groups excluding carboxylic acids is 3. The Kier molecular flexibility index (Phi) is 6.10. The second-order valence-corrected chi connectivity index (χ2v) is 4.67. The molecule has 0 saturated carbocycles. The van der Waals surface area contributed by atoms with Gasteiger partial charge >= 0.3 is 17.9 Å². The molecule has 0 aromatic carbocycles. The molecule has 1 aliphatic rings. The van der Waals surface area contributed by atoms with E-state index in [1.165, 1.54) is 27.9 Å². The second kappa shape index (κ2) is 7.37. The third-order valence-corrected chi connectivity index (χ3v) is 2.87. The number of esters is 3. The summed E-state index contributed by atoms with van der Waals surface area (Å²) in [6.07, 6.45) is -4.47. The summed E-state index contributed by atoms with van der Waals surface area (Å²) in [6, 6.07) is 0. The lowest BCUT2D eigenvalue weighted by molar-refractivity contribution is -0.294. The van der Waals surface area contributed by atoms with Crippen LogP contribution in [-0.4, -0.2) is 55.7 Å². The van der Waals surface area contributed by atoms with Crippen molar-refractivity contribution >= 4 is 17.9 Å². The first-order valence-electron chi connectivity index (χ1n) is 6.46. The molecular weight excluding hydrogens is 284 g/mol. The SMILES string of the molecule is CO[C@@H]1O[C@@H](C)[C@H](OC(C)=O)[C@H](OC(C)=O)[C@@H]1OC(C)=O. The molecule has 1 heterocycles. The van der Waals surface area contributed by atoms with Crippen LogP contribution in [0, 0.1) is 0 Å². The van der Waals surface area contributed by atoms with Gasteiger partial charge in [0.25, 0.3) is 0 Å². The van der Waals surface area contributed by atoms with E-state index < -0.39 is 48.6 Å². The average Bonchev–Trinajstić information content (AvgIpc) is 2.35. The maximum Gasteiger partial charge on any atom is 0.303 e. The van der Waals surface area contributed by atoms with Gasteiger partial charge in [0.15, 0.2) is 24.6 Å². The van der Waals surface area contributed by atoms with E-state index in [1.54, 1.807) is 6.92 Å². The lowest BCUT2D eigenvalue weighted by atomic mass is 9.99. The Morgan fingerprint density at radius 2 is 1.24 bits per heavy atom. The lowest BCUT2D eigenvalue weighted by Gasteiger charge is -2.42. The molecule has 8 heteroatoms. The highest BCUT2D eigenvalue weighted by Gasteiger charge is 2.50. The minimum Gasteiger partial charge on any atom is -0.456 e. The molecule has 0 unspecified atom stereocenters. The fourth-order valence-corrected chi connectivity index (χ4v) is 2.16. The van der Waals surface area contributed by atoms with E-state index in [0.717, 1.165) is 0 Å². The number of rotatable bonds is 4. The highest BCUT2D eigenvalue weighted by molar-refractivity contribution is 5.68. The number of ether oxygens (including phenoxy) is 5. The van der Waals surface area contributed by atoms with Crippen molar-refractivity contribution in [2.24, 2.45) is 0 Å². The van der Waals surface area contributed by atoms with Gasteiger partial charge in [0, 0.05) is 27.9 Å². The first kappa shape index (κ1) is 17.4. The van der Waals surface area contributed by atoms with Crippen LogP contribution in [0.5, 0.6) is 0 Å². The predicted octanol–water partition coefficient (Wildman–Crippen LogP) is 0.173. The summed E-state index contributed by atoms with van der Waals surface area (Å²) in [7, 11) is 1.37. The first-order chi connectivity index (χ1) is 9.76. The van der Waals surface area contributed by atoms with Crippen LogP contribution in [-0.2, 0) is 38.1 Å². The fourth-order valence-electron chi connectivity index (χ4n) is 2.16. The van der Waals surface area contributed by atoms with Crippen LogP contribution in [0.1, 0.15) is 27.7 Å². The van der Waals surface area contributed by atoms with E-state index in [1.807, 2.05) is 0 Å². The van der Waals surface area contributed by atoms with E-state index in [4.69, 9.17) is 23.7 Å². The number of carbonyl (C=O) groups is 3. The summed E-state index contributed by atoms with van der Waals surface area (Å²) < 4.78 is 26.0. The minimum atomic E-state index is -1.03. The third kappa shape index (κ3) is 4.68.